The van der Waals surface area contributed by atoms with Gasteiger partial charge in [0.2, 0.25) is 15.7 Å². The predicted octanol–water partition coefficient (Wildman–Crippen LogP) is 1.01. The van der Waals surface area contributed by atoms with Crippen LogP contribution in [0.15, 0.2) is 23.3 Å². The monoisotopic (exact) mass is 281 g/mol. The van der Waals surface area contributed by atoms with Gasteiger partial charge in [-0.15, -0.1) is 0 Å². The Morgan fingerprint density at radius 1 is 1.32 bits per heavy atom. The number of hydrazone groups is 1. The Kier molecular flexibility index (Phi) is 4.40. The van der Waals surface area contributed by atoms with Gasteiger partial charge in [0.05, 0.1) is 17.6 Å². The van der Waals surface area contributed by atoms with Gasteiger partial charge >= 0.3 is 0 Å². The molecule has 98 valence electrons. The largest absolute Gasteiger partial charge is 0.282 e. The highest BCUT2D eigenvalue weighted by atomic mass is 32.2. The van der Waals surface area contributed by atoms with Crippen LogP contribution in [0.4, 0.5) is 15.8 Å². The molecule has 2 N–H and O–H groups in total. The quantitative estimate of drug-likeness (QED) is 0.630. The first-order valence-electron chi connectivity index (χ1n) is 4.77. The number of nitrogens with zero attached hydrogens (tertiary/aromatic N) is 3. The standard InChI is InChI=1S/C10H8FN5O2S/c1-19(17,18)16-9-3-2-7(11)4-10(9)15-14-8(5-12)6-13/h2-4,15-16H,1H3. The molecule has 19 heavy (non-hydrogen) atoms. The van der Waals surface area contributed by atoms with Crippen LogP contribution in [0.25, 0.3) is 0 Å². The van der Waals surface area contributed by atoms with Crippen LogP contribution in [0.3, 0.4) is 0 Å². The fourth-order valence-corrected chi connectivity index (χ4v) is 1.67. The molecule has 0 bridgehead atoms. The zero-order valence-corrected chi connectivity index (χ0v) is 10.5. The van der Waals surface area contributed by atoms with Gasteiger partial charge in [0.15, 0.2) is 0 Å². The summed E-state index contributed by atoms with van der Waals surface area (Å²) in [5.41, 5.74) is 1.80. The predicted molar refractivity (Wildman–Crippen MR) is 67.2 cm³/mol. The molecule has 0 unspecified atom stereocenters. The van der Waals surface area contributed by atoms with Gasteiger partial charge in [-0.05, 0) is 12.1 Å². The first-order valence-corrected chi connectivity index (χ1v) is 6.66. The molecule has 1 aromatic rings. The van der Waals surface area contributed by atoms with Gasteiger partial charge in [-0.2, -0.15) is 15.6 Å². The maximum absolute atomic E-state index is 13.1. The summed E-state index contributed by atoms with van der Waals surface area (Å²) >= 11 is 0. The van der Waals surface area contributed by atoms with Crippen molar-refractivity contribution in [1.29, 1.82) is 10.5 Å². The number of nitriles is 2. The summed E-state index contributed by atoms with van der Waals surface area (Å²) in [5, 5.41) is 20.4. The van der Waals surface area contributed by atoms with Crippen molar-refractivity contribution in [2.45, 2.75) is 0 Å². The van der Waals surface area contributed by atoms with E-state index in [0.29, 0.717) is 0 Å². The van der Waals surface area contributed by atoms with Crippen LogP contribution in [-0.2, 0) is 10.0 Å². The van der Waals surface area contributed by atoms with Gasteiger partial charge in [-0.25, -0.2) is 12.8 Å². The number of anilines is 2. The Hall–Kier alpha value is -2.65. The van der Waals surface area contributed by atoms with Crippen LogP contribution in [0.5, 0.6) is 0 Å². The van der Waals surface area contributed by atoms with E-state index in [1.807, 2.05) is 0 Å². The van der Waals surface area contributed by atoms with E-state index in [4.69, 9.17) is 10.5 Å². The molecule has 0 aliphatic heterocycles. The lowest BCUT2D eigenvalue weighted by molar-refractivity contribution is 0.606. The van der Waals surface area contributed by atoms with Crippen LogP contribution in [0, 0.1) is 28.5 Å². The van der Waals surface area contributed by atoms with E-state index < -0.39 is 21.6 Å². The number of halogens is 1. The number of benzene rings is 1. The summed E-state index contributed by atoms with van der Waals surface area (Å²) in [6.07, 6.45) is 0.930. The number of nitrogens with one attached hydrogen (secondary N) is 2. The average molecular weight is 281 g/mol. The van der Waals surface area contributed by atoms with E-state index >= 15 is 0 Å². The van der Waals surface area contributed by atoms with Gasteiger partial charge in [0.25, 0.3) is 0 Å². The molecule has 0 aliphatic rings. The molecule has 0 amide bonds. The maximum atomic E-state index is 13.1. The normalized spacial score (nSPS) is 9.89. The molecule has 0 aliphatic carbocycles. The molecule has 0 radical (unpaired) electrons. The minimum Gasteiger partial charge on any atom is -0.282 e. The van der Waals surface area contributed by atoms with Crippen LogP contribution in [-0.4, -0.2) is 20.4 Å². The number of rotatable bonds is 4. The van der Waals surface area contributed by atoms with Gasteiger partial charge in [0, 0.05) is 6.07 Å². The molecular formula is C10H8FN5O2S. The lowest BCUT2D eigenvalue weighted by atomic mass is 10.3. The van der Waals surface area contributed by atoms with E-state index in [1.54, 1.807) is 0 Å². The van der Waals surface area contributed by atoms with Gasteiger partial charge in [-0.1, -0.05) is 0 Å². The second-order valence-electron chi connectivity index (χ2n) is 3.36. The Bertz CT molecular complexity index is 684. The highest BCUT2D eigenvalue weighted by molar-refractivity contribution is 7.92. The number of hydrogen-bond donors (Lipinski definition) is 2. The molecule has 0 aromatic heterocycles. The van der Waals surface area contributed by atoms with Crippen molar-refractivity contribution in [3.63, 3.8) is 0 Å². The third kappa shape index (κ3) is 4.61. The molecule has 1 rings (SSSR count). The third-order valence-corrected chi connectivity index (χ3v) is 2.37. The highest BCUT2D eigenvalue weighted by Crippen LogP contribution is 2.23. The molecule has 0 atom stereocenters. The molecule has 0 saturated carbocycles. The second-order valence-corrected chi connectivity index (χ2v) is 5.11. The third-order valence-electron chi connectivity index (χ3n) is 1.78. The van der Waals surface area contributed by atoms with Crippen LogP contribution >= 0.6 is 0 Å². The Morgan fingerprint density at radius 2 is 1.95 bits per heavy atom. The number of hydrogen-bond acceptors (Lipinski definition) is 6. The average Bonchev–Trinajstić information content (AvgIpc) is 2.32. The van der Waals surface area contributed by atoms with Gasteiger partial charge < -0.3 is 0 Å². The summed E-state index contributed by atoms with van der Waals surface area (Å²) < 4.78 is 37.4. The minimum absolute atomic E-state index is 0.0200. The van der Waals surface area contributed by atoms with Crippen molar-refractivity contribution in [3.05, 3.63) is 24.0 Å². The molecule has 0 spiro atoms. The van der Waals surface area contributed by atoms with Crippen LogP contribution in [0.1, 0.15) is 0 Å². The molecule has 9 heteroatoms. The van der Waals surface area contributed by atoms with E-state index in [1.165, 1.54) is 18.2 Å². The Labute approximate surface area is 109 Å². The molecule has 0 saturated heterocycles. The van der Waals surface area contributed by atoms with E-state index in [9.17, 15) is 12.8 Å². The number of sulfonamides is 1. The van der Waals surface area contributed by atoms with Crippen molar-refractivity contribution in [2.24, 2.45) is 5.10 Å². The molecule has 0 fully saturated rings. The topological polar surface area (TPSA) is 118 Å². The molecule has 0 heterocycles. The summed E-state index contributed by atoms with van der Waals surface area (Å²) in [4.78, 5) is 0. The summed E-state index contributed by atoms with van der Waals surface area (Å²) in [6, 6.07) is 6.21. The van der Waals surface area contributed by atoms with Gasteiger partial charge in [-0.3, -0.25) is 10.1 Å². The van der Waals surface area contributed by atoms with Crippen LogP contribution in [0.2, 0.25) is 0 Å². The van der Waals surface area contributed by atoms with E-state index in [2.05, 4.69) is 15.2 Å². The SMILES string of the molecule is CS(=O)(=O)Nc1ccc(F)cc1NN=C(C#N)C#N. The van der Waals surface area contributed by atoms with E-state index in [0.717, 1.165) is 18.4 Å². The summed E-state index contributed by atoms with van der Waals surface area (Å²) in [5.74, 6) is -0.632. The molecular weight excluding hydrogens is 273 g/mol. The van der Waals surface area contributed by atoms with Crippen molar-refractivity contribution in [3.8, 4) is 12.1 Å². The van der Waals surface area contributed by atoms with Crippen molar-refractivity contribution in [1.82, 2.24) is 0 Å². The molecule has 1 aromatic carbocycles. The van der Waals surface area contributed by atoms with E-state index in [-0.39, 0.29) is 11.4 Å². The van der Waals surface area contributed by atoms with Crippen molar-refractivity contribution < 1.29 is 12.8 Å². The first kappa shape index (κ1) is 14.4. The van der Waals surface area contributed by atoms with Crippen molar-refractivity contribution in [2.75, 3.05) is 16.4 Å². The summed E-state index contributed by atoms with van der Waals surface area (Å²) in [6.45, 7) is 0. The smallest absolute Gasteiger partial charge is 0.237 e. The molecule has 7 nitrogen and oxygen atoms in total. The maximum Gasteiger partial charge on any atom is 0.237 e. The second kappa shape index (κ2) is 5.80. The fourth-order valence-electron chi connectivity index (χ4n) is 1.09. The Morgan fingerprint density at radius 3 is 2.47 bits per heavy atom. The minimum atomic E-state index is -3.55. The van der Waals surface area contributed by atoms with Gasteiger partial charge in [0.1, 0.15) is 18.0 Å². The fraction of sp³-hybridized carbons (Fsp3) is 0.100. The summed E-state index contributed by atoms with van der Waals surface area (Å²) in [7, 11) is -3.55. The lowest BCUT2D eigenvalue weighted by Crippen LogP contribution is -2.11. The lowest BCUT2D eigenvalue weighted by Gasteiger charge is -2.09. The zero-order chi connectivity index (χ0) is 14.5. The first-order chi connectivity index (χ1) is 8.85. The Balaban J connectivity index is 3.13. The van der Waals surface area contributed by atoms with Crippen molar-refractivity contribution >= 4 is 27.1 Å². The zero-order valence-electron chi connectivity index (χ0n) is 9.68. The van der Waals surface area contributed by atoms with Crippen LogP contribution < -0.4 is 10.1 Å². The highest BCUT2D eigenvalue weighted by Gasteiger charge is 2.08.